The first-order chi connectivity index (χ1) is 7.43. The van der Waals surface area contributed by atoms with E-state index in [2.05, 4.69) is 0 Å². The van der Waals surface area contributed by atoms with E-state index in [4.69, 9.17) is 0 Å². The minimum Gasteiger partial charge on any atom is -0.508 e. The Morgan fingerprint density at radius 3 is 2.69 bits per heavy atom. The van der Waals surface area contributed by atoms with Crippen LogP contribution in [0.2, 0.25) is 0 Å². The molecular formula is C12H17NO3. The topological polar surface area (TPSA) is 60.8 Å². The molecule has 88 valence electrons. The number of hydrogen-bond acceptors (Lipinski definition) is 3. The summed E-state index contributed by atoms with van der Waals surface area (Å²) in [6.45, 7) is 3.59. The summed E-state index contributed by atoms with van der Waals surface area (Å²) in [5.74, 6) is -0.0920. The number of amides is 1. The van der Waals surface area contributed by atoms with Crippen LogP contribution < -0.4 is 0 Å². The molecule has 4 heteroatoms. The Hall–Kier alpha value is -1.55. The molecule has 1 atom stereocenters. The van der Waals surface area contributed by atoms with E-state index in [0.29, 0.717) is 11.1 Å². The molecular weight excluding hydrogens is 206 g/mol. The summed E-state index contributed by atoms with van der Waals surface area (Å²) < 4.78 is 0. The maximum Gasteiger partial charge on any atom is 0.254 e. The van der Waals surface area contributed by atoms with Gasteiger partial charge in [0.25, 0.3) is 5.91 Å². The van der Waals surface area contributed by atoms with Crippen LogP contribution in [0.4, 0.5) is 0 Å². The van der Waals surface area contributed by atoms with Crippen molar-refractivity contribution in [2.75, 3.05) is 13.6 Å². The number of aliphatic hydroxyl groups excluding tert-OH is 1. The molecule has 0 aliphatic heterocycles. The smallest absolute Gasteiger partial charge is 0.254 e. The quantitative estimate of drug-likeness (QED) is 0.808. The maximum absolute atomic E-state index is 12.0. The van der Waals surface area contributed by atoms with Crippen LogP contribution in [0, 0.1) is 6.92 Å². The second-order valence-electron chi connectivity index (χ2n) is 3.98. The lowest BCUT2D eigenvalue weighted by Gasteiger charge is -2.19. The molecule has 0 aliphatic rings. The summed E-state index contributed by atoms with van der Waals surface area (Å²) in [4.78, 5) is 13.4. The fourth-order valence-electron chi connectivity index (χ4n) is 1.54. The Labute approximate surface area is 95.1 Å². The predicted octanol–water partition coefficient (Wildman–Crippen LogP) is 1.15. The average Bonchev–Trinajstić information content (AvgIpc) is 2.20. The zero-order valence-electron chi connectivity index (χ0n) is 9.77. The van der Waals surface area contributed by atoms with Gasteiger partial charge in [-0.3, -0.25) is 4.79 Å². The van der Waals surface area contributed by atoms with Crippen molar-refractivity contribution in [3.63, 3.8) is 0 Å². The largest absolute Gasteiger partial charge is 0.508 e. The second-order valence-corrected chi connectivity index (χ2v) is 3.98. The first-order valence-corrected chi connectivity index (χ1v) is 5.15. The van der Waals surface area contributed by atoms with Gasteiger partial charge < -0.3 is 15.1 Å². The number of aliphatic hydroxyl groups is 1. The highest BCUT2D eigenvalue weighted by Crippen LogP contribution is 2.20. The van der Waals surface area contributed by atoms with Gasteiger partial charge in [-0.05, 0) is 26.0 Å². The van der Waals surface area contributed by atoms with E-state index in [-0.39, 0.29) is 18.2 Å². The number of carbonyl (C=O) groups is 1. The zero-order chi connectivity index (χ0) is 12.3. The molecule has 0 spiro atoms. The number of aromatic hydroxyl groups is 1. The molecule has 0 aromatic heterocycles. The molecule has 0 radical (unpaired) electrons. The molecule has 1 amide bonds. The molecule has 1 aromatic rings. The first-order valence-electron chi connectivity index (χ1n) is 5.15. The van der Waals surface area contributed by atoms with Crippen LogP contribution in [0.5, 0.6) is 5.75 Å². The molecule has 1 rings (SSSR count). The molecule has 1 unspecified atom stereocenters. The highest BCUT2D eigenvalue weighted by Gasteiger charge is 2.16. The normalized spacial score (nSPS) is 12.2. The van der Waals surface area contributed by atoms with E-state index < -0.39 is 6.10 Å². The van der Waals surface area contributed by atoms with E-state index in [1.165, 1.54) is 4.90 Å². The van der Waals surface area contributed by atoms with Crippen molar-refractivity contribution in [2.24, 2.45) is 0 Å². The fraction of sp³-hybridized carbons (Fsp3) is 0.417. The summed E-state index contributed by atoms with van der Waals surface area (Å²) in [6, 6.07) is 4.84. The summed E-state index contributed by atoms with van der Waals surface area (Å²) in [5.41, 5.74) is 1.02. The molecule has 0 aliphatic carbocycles. The van der Waals surface area contributed by atoms with E-state index in [9.17, 15) is 15.0 Å². The third-order valence-electron chi connectivity index (χ3n) is 2.42. The highest BCUT2D eigenvalue weighted by molar-refractivity contribution is 5.96. The summed E-state index contributed by atoms with van der Waals surface area (Å²) >= 11 is 0. The van der Waals surface area contributed by atoms with E-state index >= 15 is 0 Å². The Morgan fingerprint density at radius 2 is 2.12 bits per heavy atom. The third-order valence-corrected chi connectivity index (χ3v) is 2.42. The Morgan fingerprint density at radius 1 is 1.50 bits per heavy atom. The molecule has 0 saturated heterocycles. The third kappa shape index (κ3) is 2.73. The van der Waals surface area contributed by atoms with Crippen LogP contribution in [-0.4, -0.2) is 40.7 Å². The zero-order valence-corrected chi connectivity index (χ0v) is 9.77. The summed E-state index contributed by atoms with van der Waals surface area (Å²) in [5, 5.41) is 18.7. The summed E-state index contributed by atoms with van der Waals surface area (Å²) in [6.07, 6.45) is -0.563. The van der Waals surface area contributed by atoms with Crippen molar-refractivity contribution in [1.29, 1.82) is 0 Å². The van der Waals surface area contributed by atoms with Gasteiger partial charge in [0.05, 0.1) is 6.10 Å². The fourth-order valence-corrected chi connectivity index (χ4v) is 1.54. The predicted molar refractivity (Wildman–Crippen MR) is 61.5 cm³/mol. The number of nitrogens with zero attached hydrogens (tertiary/aromatic N) is 1. The van der Waals surface area contributed by atoms with Crippen molar-refractivity contribution in [2.45, 2.75) is 20.0 Å². The lowest BCUT2D eigenvalue weighted by molar-refractivity contribution is 0.0702. The van der Waals surface area contributed by atoms with Gasteiger partial charge in [-0.1, -0.05) is 6.07 Å². The number of phenolic OH excluding ortho intramolecular Hbond substituents is 1. The molecule has 0 heterocycles. The van der Waals surface area contributed by atoms with Crippen LogP contribution in [0.1, 0.15) is 22.8 Å². The number of hydrogen-bond donors (Lipinski definition) is 2. The van der Waals surface area contributed by atoms with Crippen molar-refractivity contribution >= 4 is 5.91 Å². The molecule has 4 nitrogen and oxygen atoms in total. The number of likely N-dealkylation sites (N-methyl/N-ethyl adjacent to an activating group) is 1. The van der Waals surface area contributed by atoms with Gasteiger partial charge >= 0.3 is 0 Å². The van der Waals surface area contributed by atoms with Crippen LogP contribution >= 0.6 is 0 Å². The molecule has 0 saturated carbocycles. The monoisotopic (exact) mass is 223 g/mol. The van der Waals surface area contributed by atoms with Crippen molar-refractivity contribution in [1.82, 2.24) is 4.90 Å². The molecule has 16 heavy (non-hydrogen) atoms. The van der Waals surface area contributed by atoms with Crippen LogP contribution in [0.15, 0.2) is 18.2 Å². The number of phenols is 1. The van der Waals surface area contributed by atoms with Gasteiger partial charge in [0.2, 0.25) is 0 Å². The van der Waals surface area contributed by atoms with Gasteiger partial charge in [0.1, 0.15) is 5.75 Å². The van der Waals surface area contributed by atoms with Gasteiger partial charge in [0.15, 0.2) is 0 Å². The minimum atomic E-state index is -0.563. The lowest BCUT2D eigenvalue weighted by atomic mass is 10.1. The van der Waals surface area contributed by atoms with E-state index in [0.717, 1.165) is 0 Å². The van der Waals surface area contributed by atoms with Crippen LogP contribution in [0.25, 0.3) is 0 Å². The Kier molecular flexibility index (Phi) is 3.90. The van der Waals surface area contributed by atoms with Gasteiger partial charge in [-0.15, -0.1) is 0 Å². The van der Waals surface area contributed by atoms with Crippen molar-refractivity contribution in [3.8, 4) is 5.75 Å². The minimum absolute atomic E-state index is 0.108. The SMILES string of the molecule is Cc1c(O)cccc1C(=O)N(C)CC(C)O. The Balaban J connectivity index is 2.92. The van der Waals surface area contributed by atoms with E-state index in [1.54, 1.807) is 39.1 Å². The second kappa shape index (κ2) is 4.99. The van der Waals surface area contributed by atoms with E-state index in [1.807, 2.05) is 0 Å². The van der Waals surface area contributed by atoms with Crippen molar-refractivity contribution in [3.05, 3.63) is 29.3 Å². The average molecular weight is 223 g/mol. The number of benzene rings is 1. The highest BCUT2D eigenvalue weighted by atomic mass is 16.3. The van der Waals surface area contributed by atoms with Crippen molar-refractivity contribution < 1.29 is 15.0 Å². The molecule has 2 N–H and O–H groups in total. The number of rotatable bonds is 3. The standard InChI is InChI=1S/C12H17NO3/c1-8(14)7-13(3)12(16)10-5-4-6-11(15)9(10)2/h4-6,8,14-15H,7H2,1-3H3. The summed E-state index contributed by atoms with van der Waals surface area (Å²) in [7, 11) is 1.62. The first kappa shape index (κ1) is 12.5. The van der Waals surface area contributed by atoms with Crippen LogP contribution in [-0.2, 0) is 0 Å². The van der Waals surface area contributed by atoms with Gasteiger partial charge in [-0.25, -0.2) is 0 Å². The lowest BCUT2D eigenvalue weighted by Crippen LogP contribution is -2.33. The Bertz CT molecular complexity index is 388. The molecule has 0 bridgehead atoms. The molecule has 1 aromatic carbocycles. The van der Waals surface area contributed by atoms with Gasteiger partial charge in [-0.2, -0.15) is 0 Å². The molecule has 0 fully saturated rings. The number of carbonyl (C=O) groups excluding carboxylic acids is 1. The van der Waals surface area contributed by atoms with Gasteiger partial charge in [0, 0.05) is 24.7 Å². The van der Waals surface area contributed by atoms with Crippen LogP contribution in [0.3, 0.4) is 0 Å². The maximum atomic E-state index is 12.0.